The second-order valence-electron chi connectivity index (χ2n) is 11.7. The third-order valence-electron chi connectivity index (χ3n) is 8.96. The Labute approximate surface area is 258 Å². The van der Waals surface area contributed by atoms with Gasteiger partial charge in [-0.2, -0.15) is 11.6 Å². The molecule has 7 rings (SSSR count). The fraction of sp³-hybridized carbons (Fsp3) is 0.606. The molecule has 0 bridgehead atoms. The average Bonchev–Trinajstić information content (AvgIpc) is 3.49. The zero-order valence-electron chi connectivity index (χ0n) is 26.3. The SMILES string of the molecule is CC1=CC=C(C2=[C-]CCCC2)[N-]C1.[2H]C([2H])([2H])[C@@H]1CCC2C3=CC[CH-]C([C@H]4CC=C5SC(C)[C@@H](C)C5[N-]4)=C3OC2N1.[Ir]. The van der Waals surface area contributed by atoms with Crippen molar-refractivity contribution < 1.29 is 29.0 Å². The van der Waals surface area contributed by atoms with Crippen LogP contribution in [0, 0.1) is 24.3 Å². The Kier molecular flexibility index (Phi) is 8.37. The van der Waals surface area contributed by atoms with Gasteiger partial charge in [-0.25, -0.2) is 12.0 Å². The third kappa shape index (κ3) is 6.21. The molecule has 0 aromatic carbocycles. The second-order valence-corrected chi connectivity index (χ2v) is 13.2. The number of allylic oxidation sites excluding steroid dienone is 6. The first-order valence-corrected chi connectivity index (χ1v) is 15.5. The Morgan fingerprint density at radius 1 is 1.21 bits per heavy atom. The molecule has 1 radical (unpaired) electrons. The van der Waals surface area contributed by atoms with Crippen LogP contribution in [0.5, 0.6) is 0 Å². The fourth-order valence-corrected chi connectivity index (χ4v) is 7.95. The standard InChI is InChI=1S/C21H28N2OS.C12H15N.Ir/c1-11-7-8-15-14-5-4-6-16(20(14)24-21(15)22-11)17-9-10-18-19(23-17)12(2)13(3)25-18;1-10-7-8-12(13-9-10)11-5-3-2-4-6-11;/h5-6,10-13,15,17,19,21-22H,4,7-9H2,1-3H3;7-8H,2-5,9H2,1H3;/q2*-2;/t11-,12-,13?,15?,17-,19?,21?;;/m1../s1/i1D3;;. The van der Waals surface area contributed by atoms with Gasteiger partial charge in [0.2, 0.25) is 0 Å². The minimum atomic E-state index is -1.98. The molecule has 5 heterocycles. The van der Waals surface area contributed by atoms with E-state index in [1.807, 2.05) is 11.8 Å². The Balaban J connectivity index is 0.000000212. The molecule has 5 aliphatic heterocycles. The minimum Gasteiger partial charge on any atom is -0.766 e. The molecule has 4 nitrogen and oxygen atoms in total. The summed E-state index contributed by atoms with van der Waals surface area (Å²) in [6, 6.07) is -0.0130. The fourth-order valence-electron chi connectivity index (χ4n) is 6.55. The predicted octanol–water partition coefficient (Wildman–Crippen LogP) is 8.19. The number of ether oxygens (including phenoxy) is 1. The summed E-state index contributed by atoms with van der Waals surface area (Å²) in [6.07, 6.45) is 22.7. The number of hydrogen-bond donors (Lipinski definition) is 1. The van der Waals surface area contributed by atoms with Crippen LogP contribution in [0.25, 0.3) is 10.6 Å². The number of fused-ring (bicyclic) bond motifs is 4. The molecule has 0 aromatic heterocycles. The van der Waals surface area contributed by atoms with Gasteiger partial charge in [-0.1, -0.05) is 62.8 Å². The van der Waals surface area contributed by atoms with Crippen LogP contribution in [0.4, 0.5) is 0 Å². The third-order valence-corrected chi connectivity index (χ3v) is 10.4. The quantitative estimate of drug-likeness (QED) is 0.293. The van der Waals surface area contributed by atoms with Crippen LogP contribution in [0.1, 0.15) is 83.1 Å². The van der Waals surface area contributed by atoms with Gasteiger partial charge in [-0.05, 0) is 49.6 Å². The molecule has 3 saturated heterocycles. The maximum Gasteiger partial charge on any atom is 0.135 e. The maximum atomic E-state index is 7.74. The molecule has 0 saturated carbocycles. The van der Waals surface area contributed by atoms with Crippen LogP contribution in [0.3, 0.4) is 0 Å². The molecule has 1 N–H and O–H groups in total. The van der Waals surface area contributed by atoms with Gasteiger partial charge in [0.15, 0.2) is 0 Å². The first-order valence-electron chi connectivity index (χ1n) is 16.1. The van der Waals surface area contributed by atoms with Crippen molar-refractivity contribution in [1.29, 1.82) is 0 Å². The molecule has 6 heteroatoms. The monoisotopic (exact) mass is 725 g/mol. The molecule has 2 aliphatic carbocycles. The van der Waals surface area contributed by atoms with Crippen molar-refractivity contribution in [2.24, 2.45) is 11.8 Å². The summed E-state index contributed by atoms with van der Waals surface area (Å²) in [4.78, 5) is 1.44. The van der Waals surface area contributed by atoms with E-state index in [1.54, 1.807) is 0 Å². The smallest absolute Gasteiger partial charge is 0.135 e. The molecule has 4 unspecified atom stereocenters. The first kappa shape index (κ1) is 25.5. The van der Waals surface area contributed by atoms with E-state index in [4.69, 9.17) is 14.2 Å². The second kappa shape index (κ2) is 12.8. The number of piperidine rings is 1. The summed E-state index contributed by atoms with van der Waals surface area (Å²) in [5, 5.41) is 13.6. The number of nitrogens with zero attached hydrogens (tertiary/aromatic N) is 2. The molecule has 0 aromatic rings. The van der Waals surface area contributed by atoms with Gasteiger partial charge < -0.3 is 21.1 Å². The van der Waals surface area contributed by atoms with E-state index < -0.39 is 12.9 Å². The summed E-state index contributed by atoms with van der Waals surface area (Å²) >= 11 is 1.98. The van der Waals surface area contributed by atoms with Gasteiger partial charge in [-0.15, -0.1) is 42.9 Å². The van der Waals surface area contributed by atoms with Crippen molar-refractivity contribution in [1.82, 2.24) is 5.32 Å². The van der Waals surface area contributed by atoms with Gasteiger partial charge in [0, 0.05) is 41.4 Å². The summed E-state index contributed by atoms with van der Waals surface area (Å²) in [7, 11) is 0. The number of hydrogen-bond acceptors (Lipinski definition) is 3. The first-order chi connectivity index (χ1) is 19.7. The van der Waals surface area contributed by atoms with Crippen LogP contribution < -0.4 is 5.32 Å². The molecule has 7 aliphatic rings. The van der Waals surface area contributed by atoms with Crippen LogP contribution in [0.15, 0.2) is 63.0 Å². The zero-order chi connectivity index (χ0) is 28.7. The molecular formula is C33H43IrN3OS-4. The van der Waals surface area contributed by atoms with E-state index in [0.29, 0.717) is 23.6 Å². The van der Waals surface area contributed by atoms with Crippen LogP contribution in [0.2, 0.25) is 0 Å². The molecule has 0 spiro atoms. The van der Waals surface area contributed by atoms with E-state index in [2.05, 4.69) is 68.2 Å². The number of rotatable bonds is 2. The molecule has 215 valence electrons. The van der Waals surface area contributed by atoms with Gasteiger partial charge in [0.1, 0.15) is 6.23 Å². The summed E-state index contributed by atoms with van der Waals surface area (Å²) in [6.45, 7) is 5.62. The molecule has 3 fully saturated rings. The molecule has 39 heavy (non-hydrogen) atoms. The maximum absolute atomic E-state index is 7.74. The van der Waals surface area contributed by atoms with Crippen molar-refractivity contribution in [3.63, 3.8) is 0 Å². The average molecular weight is 725 g/mol. The Bertz CT molecular complexity index is 1220. The summed E-state index contributed by atoms with van der Waals surface area (Å²) < 4.78 is 29.6. The summed E-state index contributed by atoms with van der Waals surface area (Å²) in [5.74, 6) is 1.79. The van der Waals surface area contributed by atoms with Crippen LogP contribution in [-0.4, -0.2) is 36.1 Å². The van der Waals surface area contributed by atoms with Gasteiger partial charge in [0.25, 0.3) is 0 Å². The zero-order valence-corrected chi connectivity index (χ0v) is 26.5. The van der Waals surface area contributed by atoms with Gasteiger partial charge in [-0.3, -0.25) is 11.4 Å². The van der Waals surface area contributed by atoms with Crippen LogP contribution in [-0.2, 0) is 24.8 Å². The minimum absolute atomic E-state index is 0. The van der Waals surface area contributed by atoms with Crippen molar-refractivity contribution in [2.45, 2.75) is 109 Å². The number of thioether (sulfide) groups is 1. The Morgan fingerprint density at radius 3 is 2.87 bits per heavy atom. The number of nitrogens with one attached hydrogen (secondary N) is 1. The van der Waals surface area contributed by atoms with E-state index >= 15 is 0 Å². The van der Waals surface area contributed by atoms with Crippen LogP contribution >= 0.6 is 11.8 Å². The topological polar surface area (TPSA) is 49.5 Å². The Hall–Kier alpha value is -1.17. The van der Waals surface area contributed by atoms with Crippen molar-refractivity contribution in [2.75, 3.05) is 6.54 Å². The van der Waals surface area contributed by atoms with E-state index in [-0.39, 0.29) is 38.3 Å². The normalized spacial score (nSPS) is 38.3. The largest absolute Gasteiger partial charge is 0.766 e. The molecule has 0 amide bonds. The van der Waals surface area contributed by atoms with E-state index in [1.165, 1.54) is 52.2 Å². The van der Waals surface area contributed by atoms with E-state index in [9.17, 15) is 0 Å². The van der Waals surface area contributed by atoms with Crippen molar-refractivity contribution in [3.05, 3.63) is 86.1 Å². The van der Waals surface area contributed by atoms with Crippen molar-refractivity contribution in [3.8, 4) is 0 Å². The molecular weight excluding hydrogens is 679 g/mol. The van der Waals surface area contributed by atoms with Crippen molar-refractivity contribution >= 4 is 11.8 Å². The molecule has 7 atom stereocenters. The van der Waals surface area contributed by atoms with Gasteiger partial charge in [0.05, 0.1) is 0 Å². The predicted molar refractivity (Wildman–Crippen MR) is 159 cm³/mol. The van der Waals surface area contributed by atoms with Gasteiger partial charge >= 0.3 is 0 Å². The Morgan fingerprint density at radius 2 is 2.10 bits per heavy atom. The summed E-state index contributed by atoms with van der Waals surface area (Å²) in [5.41, 5.74) is 6.35. The van der Waals surface area contributed by atoms with E-state index in [0.717, 1.165) is 38.0 Å².